The van der Waals surface area contributed by atoms with E-state index >= 15 is 4.39 Å². The van der Waals surface area contributed by atoms with Crippen LogP contribution in [0.25, 0.3) is 16.7 Å². The van der Waals surface area contributed by atoms with Gasteiger partial charge in [0.15, 0.2) is 23.0 Å². The predicted octanol–water partition coefficient (Wildman–Crippen LogP) is 4.06. The summed E-state index contributed by atoms with van der Waals surface area (Å²) in [5.74, 6) is 0.259. The number of nitrogens with one attached hydrogen (secondary N) is 2. The first-order chi connectivity index (χ1) is 19.5. The van der Waals surface area contributed by atoms with Gasteiger partial charge in [0.1, 0.15) is 29.4 Å². The van der Waals surface area contributed by atoms with Crippen LogP contribution >= 0.6 is 11.6 Å². The van der Waals surface area contributed by atoms with Gasteiger partial charge in [-0.1, -0.05) is 18.2 Å². The maximum absolute atomic E-state index is 15.1. The molecule has 12 nitrogen and oxygen atoms in total. The van der Waals surface area contributed by atoms with Crippen molar-refractivity contribution < 1.29 is 13.9 Å². The summed E-state index contributed by atoms with van der Waals surface area (Å²) in [7, 11) is 0. The van der Waals surface area contributed by atoms with Gasteiger partial charge in [-0.05, 0) is 31.1 Å². The first-order valence-corrected chi connectivity index (χ1v) is 12.7. The van der Waals surface area contributed by atoms with Gasteiger partial charge in [-0.25, -0.2) is 33.8 Å². The molecule has 0 radical (unpaired) electrons. The number of carbonyl (C=O) groups excluding carboxylic acids is 1. The molecule has 14 heteroatoms. The predicted molar refractivity (Wildman–Crippen MR) is 146 cm³/mol. The molecule has 0 unspecified atom stereocenters. The molecule has 1 saturated heterocycles. The third kappa shape index (κ3) is 5.18. The number of halogens is 2. The molecule has 4 aromatic heterocycles. The molecule has 0 atom stereocenters. The Morgan fingerprint density at radius 1 is 1.15 bits per heavy atom. The Kier molecular flexibility index (Phi) is 6.78. The maximum atomic E-state index is 15.1. The lowest BCUT2D eigenvalue weighted by atomic mass is 10.1. The summed E-state index contributed by atoms with van der Waals surface area (Å²) in [4.78, 5) is 35.5. The number of aromatic nitrogens is 7. The standard InChI is InChI=1S/C26H22ClFN10O2/c1-2-22(39)34-15-3-6-37(7-4-15)26-29-12-20-23(36-26)25(32-13-30-20)35-16-9-18(27)24(19(28)10-16)40-17-5-8-38-21(11-17)31-14-33-38/h2,5,8-15H,1,3-4,6-7H2,(H,34,39)(H,30,32,35). The molecule has 202 valence electrons. The molecule has 6 rings (SSSR count). The van der Waals surface area contributed by atoms with Gasteiger partial charge < -0.3 is 20.3 Å². The summed E-state index contributed by atoms with van der Waals surface area (Å²) >= 11 is 6.41. The fourth-order valence-electron chi connectivity index (χ4n) is 4.42. The molecular formula is C26H22ClFN10O2. The average molecular weight is 561 g/mol. The monoisotopic (exact) mass is 560 g/mol. The summed E-state index contributed by atoms with van der Waals surface area (Å²) in [5, 5.41) is 10.1. The van der Waals surface area contributed by atoms with E-state index in [1.165, 1.54) is 30.9 Å². The van der Waals surface area contributed by atoms with Gasteiger partial charge in [-0.2, -0.15) is 5.10 Å². The fourth-order valence-corrected chi connectivity index (χ4v) is 4.66. The number of rotatable bonds is 7. The van der Waals surface area contributed by atoms with E-state index < -0.39 is 5.82 Å². The third-order valence-electron chi connectivity index (χ3n) is 6.41. The molecule has 0 bridgehead atoms. The zero-order valence-electron chi connectivity index (χ0n) is 21.0. The topological polar surface area (TPSA) is 135 Å². The van der Waals surface area contributed by atoms with E-state index in [0.717, 1.165) is 12.8 Å². The second-order valence-electron chi connectivity index (χ2n) is 9.02. The van der Waals surface area contributed by atoms with Crippen LogP contribution in [0.3, 0.4) is 0 Å². The van der Waals surface area contributed by atoms with Gasteiger partial charge in [0.2, 0.25) is 11.9 Å². The van der Waals surface area contributed by atoms with Gasteiger partial charge in [0.25, 0.3) is 0 Å². The van der Waals surface area contributed by atoms with Crippen LogP contribution in [0.5, 0.6) is 11.5 Å². The average Bonchev–Trinajstić information content (AvgIpc) is 3.43. The van der Waals surface area contributed by atoms with Crippen molar-refractivity contribution in [2.75, 3.05) is 23.3 Å². The van der Waals surface area contributed by atoms with Crippen LogP contribution in [0.4, 0.5) is 21.8 Å². The van der Waals surface area contributed by atoms with E-state index in [1.807, 2.05) is 4.90 Å². The number of hydrogen-bond donors (Lipinski definition) is 2. The Bertz CT molecular complexity index is 1710. The van der Waals surface area contributed by atoms with E-state index in [1.54, 1.807) is 29.0 Å². The molecule has 0 saturated carbocycles. The Hall–Kier alpha value is -4.91. The van der Waals surface area contributed by atoms with Crippen molar-refractivity contribution in [3.63, 3.8) is 0 Å². The van der Waals surface area contributed by atoms with Crippen LogP contribution in [0, 0.1) is 5.82 Å². The second kappa shape index (κ2) is 10.7. The number of nitrogens with zero attached hydrogens (tertiary/aromatic N) is 8. The van der Waals surface area contributed by atoms with Crippen LogP contribution in [0.2, 0.25) is 5.02 Å². The lowest BCUT2D eigenvalue weighted by Crippen LogP contribution is -2.44. The molecule has 5 heterocycles. The van der Waals surface area contributed by atoms with Crippen molar-refractivity contribution in [3.8, 4) is 11.5 Å². The van der Waals surface area contributed by atoms with Gasteiger partial charge in [0.05, 0.1) is 11.2 Å². The summed E-state index contributed by atoms with van der Waals surface area (Å²) in [6, 6.07) is 6.12. The lowest BCUT2D eigenvalue weighted by molar-refractivity contribution is -0.117. The fraction of sp³-hybridized carbons (Fsp3) is 0.192. The highest BCUT2D eigenvalue weighted by atomic mass is 35.5. The van der Waals surface area contributed by atoms with Crippen LogP contribution < -0.4 is 20.3 Å². The molecule has 0 spiro atoms. The third-order valence-corrected chi connectivity index (χ3v) is 6.69. The number of carbonyl (C=O) groups is 1. The number of piperidine rings is 1. The molecule has 1 aliphatic heterocycles. The van der Waals surface area contributed by atoms with E-state index in [-0.39, 0.29) is 22.7 Å². The van der Waals surface area contributed by atoms with Crippen molar-refractivity contribution >= 4 is 51.6 Å². The Morgan fingerprint density at radius 3 is 2.80 bits per heavy atom. The molecule has 1 aromatic carbocycles. The Labute approximate surface area is 231 Å². The smallest absolute Gasteiger partial charge is 0.243 e. The SMILES string of the molecule is C=CC(=O)NC1CCN(c2ncc3ncnc(Nc4cc(F)c(Oc5ccn6ncnc6c5)c(Cl)c4)c3n2)CC1. The van der Waals surface area contributed by atoms with E-state index in [2.05, 4.69) is 42.2 Å². The number of pyridine rings is 1. The normalized spacial score (nSPS) is 13.9. The summed E-state index contributed by atoms with van der Waals surface area (Å²) in [5.41, 5.74) is 1.88. The van der Waals surface area contributed by atoms with Crippen LogP contribution in [0.1, 0.15) is 12.8 Å². The Morgan fingerprint density at radius 2 is 2.00 bits per heavy atom. The number of benzene rings is 1. The lowest BCUT2D eigenvalue weighted by Gasteiger charge is -2.32. The van der Waals surface area contributed by atoms with Crippen LogP contribution in [0.15, 0.2) is 62.0 Å². The Balaban J connectivity index is 1.21. The van der Waals surface area contributed by atoms with Crippen molar-refractivity contribution in [2.24, 2.45) is 0 Å². The van der Waals surface area contributed by atoms with Crippen LogP contribution in [-0.2, 0) is 4.79 Å². The number of ether oxygens (including phenoxy) is 1. The quantitative estimate of drug-likeness (QED) is 0.280. The maximum Gasteiger partial charge on any atom is 0.243 e. The summed E-state index contributed by atoms with van der Waals surface area (Å²) < 4.78 is 22.4. The molecule has 1 amide bonds. The van der Waals surface area contributed by atoms with Gasteiger partial charge in [-0.3, -0.25) is 4.79 Å². The number of fused-ring (bicyclic) bond motifs is 2. The number of hydrogen-bond acceptors (Lipinski definition) is 10. The minimum atomic E-state index is -0.670. The molecule has 1 aliphatic rings. The van der Waals surface area contributed by atoms with Gasteiger partial charge >= 0.3 is 0 Å². The first kappa shape index (κ1) is 25.4. The van der Waals surface area contributed by atoms with Gasteiger partial charge in [-0.15, -0.1) is 0 Å². The zero-order chi connectivity index (χ0) is 27.6. The van der Waals surface area contributed by atoms with Crippen molar-refractivity contribution in [2.45, 2.75) is 18.9 Å². The molecule has 2 N–H and O–H groups in total. The minimum Gasteiger partial charge on any atom is -0.453 e. The molecule has 40 heavy (non-hydrogen) atoms. The van der Waals surface area contributed by atoms with E-state index in [0.29, 0.717) is 53.0 Å². The number of anilines is 3. The van der Waals surface area contributed by atoms with E-state index in [4.69, 9.17) is 21.3 Å². The van der Waals surface area contributed by atoms with E-state index in [9.17, 15) is 4.79 Å². The zero-order valence-corrected chi connectivity index (χ0v) is 21.7. The molecule has 5 aromatic rings. The number of amides is 1. The highest BCUT2D eigenvalue weighted by molar-refractivity contribution is 6.32. The summed E-state index contributed by atoms with van der Waals surface area (Å²) in [6.07, 6.45) is 8.81. The second-order valence-corrected chi connectivity index (χ2v) is 9.43. The highest BCUT2D eigenvalue weighted by Gasteiger charge is 2.23. The largest absolute Gasteiger partial charge is 0.453 e. The molecule has 1 fully saturated rings. The minimum absolute atomic E-state index is 0.0592. The van der Waals surface area contributed by atoms with Gasteiger partial charge in [0, 0.05) is 43.1 Å². The molecule has 0 aliphatic carbocycles. The first-order valence-electron chi connectivity index (χ1n) is 12.4. The van der Waals surface area contributed by atoms with Crippen LogP contribution in [-0.4, -0.2) is 59.6 Å². The highest BCUT2D eigenvalue weighted by Crippen LogP contribution is 2.36. The molecular weight excluding hydrogens is 539 g/mol. The van der Waals surface area contributed by atoms with Crippen molar-refractivity contribution in [1.29, 1.82) is 0 Å². The van der Waals surface area contributed by atoms with Crippen molar-refractivity contribution in [3.05, 3.63) is 72.8 Å². The summed E-state index contributed by atoms with van der Waals surface area (Å²) in [6.45, 7) is 4.82. The van der Waals surface area contributed by atoms with Crippen molar-refractivity contribution in [1.82, 2.24) is 39.9 Å².